The molecule has 0 spiro atoms. The van der Waals surface area contributed by atoms with E-state index in [-0.39, 0.29) is 12.0 Å². The normalized spacial score (nSPS) is 14.5. The van der Waals surface area contributed by atoms with Gasteiger partial charge in [-0.2, -0.15) is 0 Å². The van der Waals surface area contributed by atoms with Gasteiger partial charge in [0.15, 0.2) is 0 Å². The number of carbonyl (C=O) groups is 1. The van der Waals surface area contributed by atoms with E-state index in [0.717, 1.165) is 14.9 Å². The topological polar surface area (TPSA) is 42.4 Å². The van der Waals surface area contributed by atoms with Gasteiger partial charge < -0.3 is 9.64 Å². The van der Waals surface area contributed by atoms with Crippen molar-refractivity contribution in [1.82, 2.24) is 9.88 Å². The van der Waals surface area contributed by atoms with E-state index in [1.165, 1.54) is 0 Å². The lowest BCUT2D eigenvalue weighted by Crippen LogP contribution is -2.56. The highest BCUT2D eigenvalue weighted by Gasteiger charge is 2.34. The van der Waals surface area contributed by atoms with Gasteiger partial charge in [0, 0.05) is 11.1 Å². The molecule has 1 fully saturated rings. The zero-order valence-electron chi connectivity index (χ0n) is 12.0. The molecule has 0 saturated carbocycles. The molecular formula is C16H15BrN2O2S. The van der Waals surface area contributed by atoms with Gasteiger partial charge in [-0.1, -0.05) is 12.1 Å². The van der Waals surface area contributed by atoms with E-state index >= 15 is 0 Å². The molecule has 0 N–H and O–H groups in total. The van der Waals surface area contributed by atoms with Crippen molar-refractivity contribution in [2.24, 2.45) is 0 Å². The van der Waals surface area contributed by atoms with Gasteiger partial charge in [0.05, 0.1) is 23.1 Å². The van der Waals surface area contributed by atoms with Gasteiger partial charge in [-0.15, -0.1) is 11.8 Å². The average molecular weight is 379 g/mol. The van der Waals surface area contributed by atoms with Crippen LogP contribution in [0.5, 0.6) is 5.88 Å². The first-order valence-electron chi connectivity index (χ1n) is 6.88. The summed E-state index contributed by atoms with van der Waals surface area (Å²) in [4.78, 5) is 19.5. The third-order valence-electron chi connectivity index (χ3n) is 3.48. The summed E-state index contributed by atoms with van der Waals surface area (Å²) in [5.41, 5.74) is 0.757. The van der Waals surface area contributed by atoms with Gasteiger partial charge in [0.2, 0.25) is 5.88 Å². The summed E-state index contributed by atoms with van der Waals surface area (Å²) in [6.45, 7) is 1.18. The van der Waals surface area contributed by atoms with Crippen LogP contribution in [0.3, 0.4) is 0 Å². The van der Waals surface area contributed by atoms with Crippen LogP contribution >= 0.6 is 27.7 Å². The molecule has 1 aliphatic rings. The molecule has 0 aliphatic carbocycles. The number of pyridine rings is 1. The first-order valence-corrected chi connectivity index (χ1v) is 8.90. The van der Waals surface area contributed by atoms with Crippen molar-refractivity contribution in [2.45, 2.75) is 11.0 Å². The molecule has 1 aromatic carbocycles. The minimum atomic E-state index is -0.00316. The molecule has 6 heteroatoms. The quantitative estimate of drug-likeness (QED) is 0.763. The molecule has 0 unspecified atom stereocenters. The number of likely N-dealkylation sites (tertiary alicyclic amines) is 1. The standard InChI is InChI=1S/C16H15BrN2O2S/c1-22-14-7-3-2-5-12(14)16(20)19-9-11(10-19)21-15-13(17)6-4-8-18-15/h2-8,11H,9-10H2,1H3. The summed E-state index contributed by atoms with van der Waals surface area (Å²) < 4.78 is 6.62. The number of ether oxygens (including phenoxy) is 1. The molecule has 2 aromatic rings. The zero-order valence-corrected chi connectivity index (χ0v) is 14.4. The Morgan fingerprint density at radius 3 is 2.82 bits per heavy atom. The van der Waals surface area contributed by atoms with Crippen molar-refractivity contribution in [2.75, 3.05) is 19.3 Å². The molecule has 1 aromatic heterocycles. The SMILES string of the molecule is CSc1ccccc1C(=O)N1CC(Oc2ncccc2Br)C1. The average Bonchev–Trinajstić information content (AvgIpc) is 2.51. The number of halogens is 1. The monoisotopic (exact) mass is 378 g/mol. The summed E-state index contributed by atoms with van der Waals surface area (Å²) in [5.74, 6) is 0.633. The van der Waals surface area contributed by atoms with Gasteiger partial charge in [0.25, 0.3) is 5.91 Å². The summed E-state index contributed by atoms with van der Waals surface area (Å²) in [6, 6.07) is 11.4. The van der Waals surface area contributed by atoms with Gasteiger partial charge >= 0.3 is 0 Å². The van der Waals surface area contributed by atoms with E-state index in [9.17, 15) is 4.79 Å². The highest BCUT2D eigenvalue weighted by atomic mass is 79.9. The lowest BCUT2D eigenvalue weighted by Gasteiger charge is -2.39. The van der Waals surface area contributed by atoms with Crippen molar-refractivity contribution in [1.29, 1.82) is 0 Å². The molecule has 2 heterocycles. The third kappa shape index (κ3) is 3.13. The molecule has 1 saturated heterocycles. The number of benzene rings is 1. The van der Waals surface area contributed by atoms with Gasteiger partial charge in [-0.05, 0) is 46.5 Å². The number of nitrogens with zero attached hydrogens (tertiary/aromatic N) is 2. The zero-order chi connectivity index (χ0) is 15.5. The van der Waals surface area contributed by atoms with E-state index in [1.54, 1.807) is 22.9 Å². The first-order chi connectivity index (χ1) is 10.7. The number of hydrogen-bond donors (Lipinski definition) is 0. The Morgan fingerprint density at radius 1 is 1.32 bits per heavy atom. The summed E-state index contributed by atoms with van der Waals surface area (Å²) >= 11 is 4.99. The number of aromatic nitrogens is 1. The fourth-order valence-electron chi connectivity index (χ4n) is 2.29. The lowest BCUT2D eigenvalue weighted by molar-refractivity contribution is 0.0154. The van der Waals surface area contributed by atoms with Crippen LogP contribution in [0.15, 0.2) is 52.0 Å². The Bertz CT molecular complexity index is 689. The molecule has 0 radical (unpaired) electrons. The third-order valence-corrected chi connectivity index (χ3v) is 4.87. The van der Waals surface area contributed by atoms with Crippen LogP contribution in [0.1, 0.15) is 10.4 Å². The van der Waals surface area contributed by atoms with E-state index in [4.69, 9.17) is 4.74 Å². The fraction of sp³-hybridized carbons (Fsp3) is 0.250. The van der Waals surface area contributed by atoms with E-state index < -0.39 is 0 Å². The molecule has 0 atom stereocenters. The van der Waals surface area contributed by atoms with Crippen LogP contribution in [0, 0.1) is 0 Å². The molecule has 4 nitrogen and oxygen atoms in total. The van der Waals surface area contributed by atoms with E-state index in [1.807, 2.05) is 42.7 Å². The van der Waals surface area contributed by atoms with Crippen LogP contribution in [0.4, 0.5) is 0 Å². The number of carbonyl (C=O) groups excluding carboxylic acids is 1. The highest BCUT2D eigenvalue weighted by Crippen LogP contribution is 2.27. The van der Waals surface area contributed by atoms with Crippen LogP contribution in [0.2, 0.25) is 0 Å². The maximum Gasteiger partial charge on any atom is 0.255 e. The predicted octanol–water partition coefficient (Wildman–Crippen LogP) is 3.47. The van der Waals surface area contributed by atoms with Gasteiger partial charge in [-0.25, -0.2) is 4.98 Å². The van der Waals surface area contributed by atoms with Crippen molar-refractivity contribution in [3.63, 3.8) is 0 Å². The molecule has 0 bridgehead atoms. The van der Waals surface area contributed by atoms with Crippen molar-refractivity contribution < 1.29 is 9.53 Å². The number of thioether (sulfide) groups is 1. The molecule has 3 rings (SSSR count). The number of rotatable bonds is 4. The maximum absolute atomic E-state index is 12.5. The summed E-state index contributed by atoms with van der Waals surface area (Å²) in [5, 5.41) is 0. The number of amides is 1. The van der Waals surface area contributed by atoms with Crippen LogP contribution < -0.4 is 4.74 Å². The molecule has 1 aliphatic heterocycles. The first kappa shape index (κ1) is 15.4. The summed E-state index contributed by atoms with van der Waals surface area (Å²) in [7, 11) is 0. The second-order valence-electron chi connectivity index (χ2n) is 4.94. The fourth-order valence-corrected chi connectivity index (χ4v) is 3.22. The Kier molecular flexibility index (Phi) is 4.69. The largest absolute Gasteiger partial charge is 0.470 e. The molecular weight excluding hydrogens is 364 g/mol. The van der Waals surface area contributed by atoms with Crippen molar-refractivity contribution in [3.8, 4) is 5.88 Å². The Balaban J connectivity index is 1.61. The summed E-state index contributed by atoms with van der Waals surface area (Å²) in [6.07, 6.45) is 3.67. The second kappa shape index (κ2) is 6.71. The Hall–Kier alpha value is -1.53. The van der Waals surface area contributed by atoms with Crippen LogP contribution in [-0.4, -0.2) is 41.2 Å². The molecule has 1 amide bonds. The second-order valence-corrected chi connectivity index (χ2v) is 6.64. The minimum absolute atomic E-state index is 0.00316. The number of hydrogen-bond acceptors (Lipinski definition) is 4. The molecule has 114 valence electrons. The van der Waals surface area contributed by atoms with Crippen molar-refractivity contribution in [3.05, 3.63) is 52.6 Å². The highest BCUT2D eigenvalue weighted by molar-refractivity contribution is 9.10. The predicted molar refractivity (Wildman–Crippen MR) is 90.5 cm³/mol. The van der Waals surface area contributed by atoms with E-state index in [2.05, 4.69) is 20.9 Å². The smallest absolute Gasteiger partial charge is 0.255 e. The van der Waals surface area contributed by atoms with E-state index in [0.29, 0.717) is 19.0 Å². The molecule has 22 heavy (non-hydrogen) atoms. The Labute approximate surface area is 142 Å². The maximum atomic E-state index is 12.5. The van der Waals surface area contributed by atoms with Gasteiger partial charge in [0.1, 0.15) is 6.10 Å². The van der Waals surface area contributed by atoms with Gasteiger partial charge in [-0.3, -0.25) is 4.79 Å². The van der Waals surface area contributed by atoms with Crippen LogP contribution in [0.25, 0.3) is 0 Å². The van der Waals surface area contributed by atoms with Crippen molar-refractivity contribution >= 4 is 33.6 Å². The Morgan fingerprint density at radius 2 is 2.09 bits per heavy atom. The van der Waals surface area contributed by atoms with Crippen LogP contribution in [-0.2, 0) is 0 Å². The lowest BCUT2D eigenvalue weighted by atomic mass is 10.1. The minimum Gasteiger partial charge on any atom is -0.470 e.